The van der Waals surface area contributed by atoms with Crippen LogP contribution in [0.2, 0.25) is 5.15 Å². The van der Waals surface area contributed by atoms with Gasteiger partial charge < -0.3 is 19.5 Å². The van der Waals surface area contributed by atoms with Crippen LogP contribution in [0, 0.1) is 0 Å². The van der Waals surface area contributed by atoms with Gasteiger partial charge >= 0.3 is 12.1 Å². The first-order valence-electron chi connectivity index (χ1n) is 7.18. The molecule has 1 aliphatic heterocycles. The van der Waals surface area contributed by atoms with Crippen molar-refractivity contribution in [2.24, 2.45) is 0 Å². The summed E-state index contributed by atoms with van der Waals surface area (Å²) in [6.07, 6.45) is 1.77. The van der Waals surface area contributed by atoms with Crippen molar-refractivity contribution in [3.05, 3.63) is 23.0 Å². The molecule has 1 aliphatic rings. The molecule has 1 atom stereocenters. The predicted octanol–water partition coefficient (Wildman–Crippen LogP) is 2.82. The maximum atomic E-state index is 12.0. The van der Waals surface area contributed by atoms with Gasteiger partial charge in [0, 0.05) is 6.54 Å². The van der Waals surface area contributed by atoms with E-state index in [0.29, 0.717) is 12.3 Å². The average molecular weight is 343 g/mol. The minimum atomic E-state index is -1.17. The van der Waals surface area contributed by atoms with E-state index in [1.165, 1.54) is 12.3 Å². The van der Waals surface area contributed by atoms with E-state index in [9.17, 15) is 9.59 Å². The van der Waals surface area contributed by atoms with Crippen LogP contribution in [0.25, 0.3) is 0 Å². The lowest BCUT2D eigenvalue weighted by Crippen LogP contribution is -2.55. The summed E-state index contributed by atoms with van der Waals surface area (Å²) in [5.74, 6) is -0.880. The Balaban J connectivity index is 1.93. The van der Waals surface area contributed by atoms with E-state index in [-0.39, 0.29) is 29.5 Å². The summed E-state index contributed by atoms with van der Waals surface area (Å²) in [6.45, 7) is 6.28. The Morgan fingerprint density at radius 1 is 1.48 bits per heavy atom. The van der Waals surface area contributed by atoms with Crippen molar-refractivity contribution >= 4 is 23.7 Å². The van der Waals surface area contributed by atoms with E-state index in [0.717, 1.165) is 6.42 Å². The number of aromatic carboxylic acids is 1. The van der Waals surface area contributed by atoms with Gasteiger partial charge in [-0.15, -0.1) is 0 Å². The second-order valence-corrected chi connectivity index (χ2v) is 6.60. The Morgan fingerprint density at radius 2 is 2.17 bits per heavy atom. The van der Waals surface area contributed by atoms with E-state index in [1.807, 2.05) is 20.8 Å². The molecular weight excluding hydrogens is 324 g/mol. The van der Waals surface area contributed by atoms with Crippen LogP contribution in [0.1, 0.15) is 37.6 Å². The van der Waals surface area contributed by atoms with Gasteiger partial charge in [-0.05, 0) is 33.3 Å². The molecule has 1 aromatic heterocycles. The highest BCUT2D eigenvalue weighted by atomic mass is 35.5. The van der Waals surface area contributed by atoms with E-state index in [2.05, 4.69) is 4.98 Å². The summed E-state index contributed by atoms with van der Waals surface area (Å²) >= 11 is 5.70. The molecule has 7 nitrogen and oxygen atoms in total. The topological polar surface area (TPSA) is 89.0 Å². The zero-order chi connectivity index (χ0) is 17.2. The molecule has 1 fully saturated rings. The number of pyridine rings is 1. The average Bonchev–Trinajstić information content (AvgIpc) is 2.36. The van der Waals surface area contributed by atoms with Gasteiger partial charge in [0.25, 0.3) is 0 Å². The molecule has 0 radical (unpaired) electrons. The fourth-order valence-corrected chi connectivity index (χ4v) is 2.21. The fraction of sp³-hybridized carbons (Fsp3) is 0.533. The molecule has 2 rings (SSSR count). The van der Waals surface area contributed by atoms with Gasteiger partial charge in [0.2, 0.25) is 0 Å². The number of carboxylic acid groups (broad SMARTS) is 1. The van der Waals surface area contributed by atoms with Crippen molar-refractivity contribution in [1.29, 1.82) is 0 Å². The number of hydrogen-bond acceptors (Lipinski definition) is 5. The summed E-state index contributed by atoms with van der Waals surface area (Å²) in [4.78, 5) is 28.4. The Hall–Kier alpha value is -2.02. The molecule has 1 amide bonds. The quantitative estimate of drug-likeness (QED) is 0.846. The standard InChI is InChI=1S/C15H19ClN2O5/c1-15(2,3)23-14(21)18-5-4-9(18)8-22-10-6-11(13(19)20)12(16)17-7-10/h6-7,9H,4-5,8H2,1-3H3,(H,19,20)/t9-/m0/s1. The minimum absolute atomic E-state index is 0.0936. The Bertz CT molecular complexity index is 614. The highest BCUT2D eigenvalue weighted by Crippen LogP contribution is 2.24. The first-order chi connectivity index (χ1) is 10.7. The molecule has 0 aromatic carbocycles. The van der Waals surface area contributed by atoms with E-state index >= 15 is 0 Å². The van der Waals surface area contributed by atoms with Gasteiger partial charge in [-0.2, -0.15) is 0 Å². The van der Waals surface area contributed by atoms with Crippen LogP contribution in [0.15, 0.2) is 12.3 Å². The normalized spacial score (nSPS) is 17.4. The van der Waals surface area contributed by atoms with Gasteiger partial charge in [-0.1, -0.05) is 11.6 Å². The zero-order valence-electron chi connectivity index (χ0n) is 13.2. The third kappa shape index (κ3) is 4.48. The number of amides is 1. The molecule has 23 heavy (non-hydrogen) atoms. The molecule has 1 saturated heterocycles. The molecule has 8 heteroatoms. The largest absolute Gasteiger partial charge is 0.490 e. The number of ether oxygens (including phenoxy) is 2. The predicted molar refractivity (Wildman–Crippen MR) is 83.0 cm³/mol. The third-order valence-corrected chi connectivity index (χ3v) is 3.56. The minimum Gasteiger partial charge on any atom is -0.490 e. The molecular formula is C15H19ClN2O5. The van der Waals surface area contributed by atoms with Crippen LogP contribution in [0.5, 0.6) is 5.75 Å². The molecule has 126 valence electrons. The number of carbonyl (C=O) groups is 2. The van der Waals surface area contributed by atoms with Crippen LogP contribution >= 0.6 is 11.6 Å². The van der Waals surface area contributed by atoms with Gasteiger partial charge in [-0.3, -0.25) is 0 Å². The summed E-state index contributed by atoms with van der Waals surface area (Å²) < 4.78 is 10.8. The van der Waals surface area contributed by atoms with Gasteiger partial charge in [-0.25, -0.2) is 14.6 Å². The SMILES string of the molecule is CC(C)(C)OC(=O)N1CC[C@H]1COc1cnc(Cl)c(C(=O)O)c1. The van der Waals surface area contributed by atoms with Crippen molar-refractivity contribution in [2.45, 2.75) is 38.8 Å². The molecule has 2 heterocycles. The van der Waals surface area contributed by atoms with Gasteiger partial charge in [0.05, 0.1) is 12.2 Å². The van der Waals surface area contributed by atoms with Crippen LogP contribution in [0.4, 0.5) is 4.79 Å². The molecule has 1 aromatic rings. The summed E-state index contributed by atoms with van der Waals surface area (Å²) in [5, 5.41) is 8.90. The number of aromatic nitrogens is 1. The number of nitrogens with zero attached hydrogens (tertiary/aromatic N) is 2. The number of likely N-dealkylation sites (tertiary alicyclic amines) is 1. The lowest BCUT2D eigenvalue weighted by atomic mass is 10.1. The second-order valence-electron chi connectivity index (χ2n) is 6.24. The lowest BCUT2D eigenvalue weighted by molar-refractivity contribution is -0.0141. The van der Waals surface area contributed by atoms with Gasteiger partial charge in [0.1, 0.15) is 28.7 Å². The smallest absolute Gasteiger partial charge is 0.410 e. The Labute approximate surface area is 139 Å². The second kappa shape index (κ2) is 6.62. The molecule has 1 N–H and O–H groups in total. The summed E-state index contributed by atoms with van der Waals surface area (Å²) in [7, 11) is 0. The van der Waals surface area contributed by atoms with Crippen LogP contribution < -0.4 is 4.74 Å². The Morgan fingerprint density at radius 3 is 2.70 bits per heavy atom. The maximum absolute atomic E-state index is 12.0. The summed E-state index contributed by atoms with van der Waals surface area (Å²) in [6, 6.07) is 1.21. The molecule has 0 saturated carbocycles. The first kappa shape index (κ1) is 17.3. The number of carbonyl (C=O) groups excluding carboxylic acids is 1. The highest BCUT2D eigenvalue weighted by molar-refractivity contribution is 6.32. The van der Waals surface area contributed by atoms with Crippen molar-refractivity contribution in [3.8, 4) is 5.75 Å². The highest BCUT2D eigenvalue weighted by Gasteiger charge is 2.35. The van der Waals surface area contributed by atoms with E-state index < -0.39 is 11.6 Å². The van der Waals surface area contributed by atoms with Crippen LogP contribution in [0.3, 0.4) is 0 Å². The van der Waals surface area contributed by atoms with Crippen molar-refractivity contribution in [2.75, 3.05) is 13.2 Å². The van der Waals surface area contributed by atoms with Gasteiger partial charge in [0.15, 0.2) is 0 Å². The molecule has 0 aliphatic carbocycles. The van der Waals surface area contributed by atoms with E-state index in [4.69, 9.17) is 26.2 Å². The molecule has 0 bridgehead atoms. The fourth-order valence-electron chi connectivity index (χ4n) is 2.03. The number of hydrogen-bond donors (Lipinski definition) is 1. The number of halogens is 1. The van der Waals surface area contributed by atoms with Crippen molar-refractivity contribution in [1.82, 2.24) is 9.88 Å². The zero-order valence-corrected chi connectivity index (χ0v) is 14.0. The van der Waals surface area contributed by atoms with Crippen LogP contribution in [-0.4, -0.2) is 51.8 Å². The first-order valence-corrected chi connectivity index (χ1v) is 7.56. The molecule has 0 spiro atoms. The lowest BCUT2D eigenvalue weighted by Gasteiger charge is -2.40. The monoisotopic (exact) mass is 342 g/mol. The molecule has 0 unspecified atom stereocenters. The Kier molecular flexibility index (Phi) is 4.99. The third-order valence-electron chi connectivity index (χ3n) is 3.26. The summed E-state index contributed by atoms with van der Waals surface area (Å²) in [5.41, 5.74) is -0.670. The number of carboxylic acids is 1. The number of rotatable bonds is 4. The maximum Gasteiger partial charge on any atom is 0.410 e. The van der Waals surface area contributed by atoms with Crippen LogP contribution in [-0.2, 0) is 4.74 Å². The van der Waals surface area contributed by atoms with E-state index in [1.54, 1.807) is 4.90 Å². The van der Waals surface area contributed by atoms with Crippen molar-refractivity contribution < 1.29 is 24.2 Å². The van der Waals surface area contributed by atoms with Crippen molar-refractivity contribution in [3.63, 3.8) is 0 Å².